The summed E-state index contributed by atoms with van der Waals surface area (Å²) in [5.41, 5.74) is 4.93. The lowest BCUT2D eigenvalue weighted by Gasteiger charge is -2.34. The highest BCUT2D eigenvalue weighted by Crippen LogP contribution is 2.29. The van der Waals surface area contributed by atoms with Crippen molar-refractivity contribution in [3.05, 3.63) is 53.5 Å². The minimum atomic E-state index is 0.107. The Hall–Kier alpha value is -2.64. The summed E-state index contributed by atoms with van der Waals surface area (Å²) < 4.78 is 1.91. The van der Waals surface area contributed by atoms with Gasteiger partial charge in [0.05, 0.1) is 19.7 Å². The summed E-state index contributed by atoms with van der Waals surface area (Å²) in [7, 11) is 0. The van der Waals surface area contributed by atoms with Gasteiger partial charge in [-0.2, -0.15) is 5.10 Å². The average molecular weight is 408 g/mol. The number of aromatic amines is 1. The fourth-order valence-corrected chi connectivity index (χ4v) is 5.03. The molecule has 0 unspecified atom stereocenters. The number of piperidine rings is 1. The molecule has 5 rings (SSSR count). The number of fused-ring (bicyclic) bond motifs is 3. The van der Waals surface area contributed by atoms with Gasteiger partial charge in [-0.05, 0) is 38.1 Å². The second-order valence-corrected chi connectivity index (χ2v) is 8.45. The molecule has 2 aliphatic rings. The Morgan fingerprint density at radius 3 is 2.83 bits per heavy atom. The Labute approximate surface area is 176 Å². The second-order valence-electron chi connectivity index (χ2n) is 8.45. The fourth-order valence-electron chi connectivity index (χ4n) is 5.03. The topological polar surface area (TPSA) is 77.4 Å². The Bertz CT molecular complexity index is 1030. The van der Waals surface area contributed by atoms with Crippen molar-refractivity contribution < 1.29 is 9.90 Å². The summed E-state index contributed by atoms with van der Waals surface area (Å²) in [6.07, 6.45) is 4.76. The van der Waals surface area contributed by atoms with Crippen molar-refractivity contribution in [3.8, 4) is 0 Å². The molecule has 2 aromatic heterocycles. The van der Waals surface area contributed by atoms with Crippen LogP contribution in [0.3, 0.4) is 0 Å². The van der Waals surface area contributed by atoms with Crippen LogP contribution >= 0.6 is 0 Å². The van der Waals surface area contributed by atoms with Crippen molar-refractivity contribution in [1.29, 1.82) is 0 Å². The first-order valence-corrected chi connectivity index (χ1v) is 10.9. The molecule has 0 bridgehead atoms. The van der Waals surface area contributed by atoms with Crippen molar-refractivity contribution in [1.82, 2.24) is 24.6 Å². The van der Waals surface area contributed by atoms with Crippen LogP contribution in [0.5, 0.6) is 0 Å². The Kier molecular flexibility index (Phi) is 5.31. The molecule has 1 fully saturated rings. The van der Waals surface area contributed by atoms with Gasteiger partial charge in [-0.3, -0.25) is 14.4 Å². The van der Waals surface area contributed by atoms with Gasteiger partial charge in [0.2, 0.25) is 5.91 Å². The molecule has 0 spiro atoms. The predicted octanol–water partition coefficient (Wildman–Crippen LogP) is 2.12. The van der Waals surface area contributed by atoms with Gasteiger partial charge in [-0.1, -0.05) is 18.2 Å². The lowest BCUT2D eigenvalue weighted by Crippen LogP contribution is -2.44. The Morgan fingerprint density at radius 2 is 2.00 bits per heavy atom. The molecule has 1 amide bonds. The summed E-state index contributed by atoms with van der Waals surface area (Å²) in [4.78, 5) is 20.8. The van der Waals surface area contributed by atoms with Crippen molar-refractivity contribution in [3.63, 3.8) is 0 Å². The van der Waals surface area contributed by atoms with E-state index in [1.54, 1.807) is 0 Å². The lowest BCUT2D eigenvalue weighted by atomic mass is 9.93. The molecule has 0 radical (unpaired) electrons. The highest BCUT2D eigenvalue weighted by molar-refractivity contribution is 5.86. The summed E-state index contributed by atoms with van der Waals surface area (Å²) in [6, 6.07) is 10.4. The second kappa shape index (κ2) is 8.24. The molecule has 7 heteroatoms. The number of hydrogen-bond acceptors (Lipinski definition) is 4. The molecule has 158 valence electrons. The first kappa shape index (κ1) is 19.3. The van der Waals surface area contributed by atoms with E-state index in [1.807, 2.05) is 21.8 Å². The number of amides is 1. The van der Waals surface area contributed by atoms with Crippen LogP contribution in [0.2, 0.25) is 0 Å². The van der Waals surface area contributed by atoms with Crippen LogP contribution < -0.4 is 0 Å². The maximum absolute atomic E-state index is 13.0. The fraction of sp³-hybridized carbons (Fsp3) is 0.478. The lowest BCUT2D eigenvalue weighted by molar-refractivity contribution is -0.133. The van der Waals surface area contributed by atoms with Gasteiger partial charge >= 0.3 is 0 Å². The van der Waals surface area contributed by atoms with Gasteiger partial charge in [0.1, 0.15) is 0 Å². The normalized spacial score (nSPS) is 18.1. The van der Waals surface area contributed by atoms with Crippen LogP contribution in [-0.4, -0.2) is 68.4 Å². The number of aliphatic hydroxyl groups is 1. The summed E-state index contributed by atoms with van der Waals surface area (Å²) in [6.45, 7) is 4.49. The van der Waals surface area contributed by atoms with Crippen molar-refractivity contribution in [2.45, 2.75) is 38.3 Å². The van der Waals surface area contributed by atoms with Crippen LogP contribution in [0.4, 0.5) is 0 Å². The monoisotopic (exact) mass is 407 g/mol. The van der Waals surface area contributed by atoms with Crippen molar-refractivity contribution in [2.24, 2.45) is 0 Å². The van der Waals surface area contributed by atoms with Gasteiger partial charge in [0.25, 0.3) is 0 Å². The number of aromatic nitrogens is 3. The standard InChI is InChI=1S/C23H29N5O2/c29-14-13-28-22(5-9-24-28)17-6-10-26(11-7-17)16-23(30)27-12-8-21-19(15-27)18-3-1-2-4-20(18)25-21/h1-5,9,17,25,29H,6-8,10-16H2. The first-order valence-electron chi connectivity index (χ1n) is 10.9. The maximum atomic E-state index is 13.0. The molecule has 3 aromatic rings. The van der Waals surface area contributed by atoms with Crippen LogP contribution in [0.1, 0.15) is 35.7 Å². The van der Waals surface area contributed by atoms with E-state index in [4.69, 9.17) is 0 Å². The third kappa shape index (κ3) is 3.63. The number of para-hydroxylation sites is 1. The van der Waals surface area contributed by atoms with Crippen LogP contribution in [0, 0.1) is 0 Å². The molecule has 30 heavy (non-hydrogen) atoms. The molecular weight excluding hydrogens is 378 g/mol. The molecule has 1 saturated heterocycles. The molecule has 0 atom stereocenters. The highest BCUT2D eigenvalue weighted by atomic mass is 16.3. The summed E-state index contributed by atoms with van der Waals surface area (Å²) in [5.74, 6) is 0.684. The van der Waals surface area contributed by atoms with Crippen LogP contribution in [0.25, 0.3) is 10.9 Å². The van der Waals surface area contributed by atoms with E-state index < -0.39 is 0 Å². The van der Waals surface area contributed by atoms with E-state index in [-0.39, 0.29) is 12.5 Å². The quantitative estimate of drug-likeness (QED) is 0.679. The van der Waals surface area contributed by atoms with Crippen molar-refractivity contribution in [2.75, 3.05) is 32.8 Å². The number of nitrogens with zero attached hydrogens (tertiary/aromatic N) is 4. The number of hydrogen-bond donors (Lipinski definition) is 2. The number of H-pyrrole nitrogens is 1. The molecule has 2 N–H and O–H groups in total. The van der Waals surface area contributed by atoms with E-state index in [2.05, 4.69) is 39.2 Å². The maximum Gasteiger partial charge on any atom is 0.237 e. The van der Waals surface area contributed by atoms with Crippen molar-refractivity contribution >= 4 is 16.8 Å². The summed E-state index contributed by atoms with van der Waals surface area (Å²) >= 11 is 0. The number of benzene rings is 1. The SMILES string of the molecule is O=C(CN1CCC(c2ccnn2CCO)CC1)N1CCc2[nH]c3ccccc3c2C1. The minimum Gasteiger partial charge on any atom is -0.394 e. The molecular formula is C23H29N5O2. The van der Waals surface area contributed by atoms with Crippen LogP contribution in [-0.2, 0) is 24.3 Å². The number of carbonyl (C=O) groups excluding carboxylic acids is 1. The molecule has 7 nitrogen and oxygen atoms in total. The number of nitrogens with one attached hydrogen (secondary N) is 1. The highest BCUT2D eigenvalue weighted by Gasteiger charge is 2.28. The third-order valence-corrected chi connectivity index (χ3v) is 6.66. The van der Waals surface area contributed by atoms with E-state index in [0.29, 0.717) is 25.6 Å². The number of rotatable bonds is 5. The Morgan fingerprint density at radius 1 is 1.17 bits per heavy atom. The van der Waals surface area contributed by atoms with E-state index in [0.717, 1.165) is 38.9 Å². The van der Waals surface area contributed by atoms with Gasteiger partial charge in [0.15, 0.2) is 0 Å². The number of carbonyl (C=O) groups is 1. The van der Waals surface area contributed by atoms with E-state index in [9.17, 15) is 9.90 Å². The molecule has 0 aliphatic carbocycles. The Balaban J connectivity index is 1.18. The zero-order valence-electron chi connectivity index (χ0n) is 17.3. The number of aliphatic hydroxyl groups excluding tert-OH is 1. The minimum absolute atomic E-state index is 0.107. The van der Waals surface area contributed by atoms with Gasteiger partial charge in [0, 0.05) is 59.5 Å². The first-order chi connectivity index (χ1) is 14.7. The van der Waals surface area contributed by atoms with E-state index >= 15 is 0 Å². The molecule has 4 heterocycles. The smallest absolute Gasteiger partial charge is 0.237 e. The zero-order valence-corrected chi connectivity index (χ0v) is 17.3. The zero-order chi connectivity index (χ0) is 20.5. The average Bonchev–Trinajstić information content (AvgIpc) is 3.38. The number of likely N-dealkylation sites (tertiary alicyclic amines) is 1. The third-order valence-electron chi connectivity index (χ3n) is 6.66. The molecule has 2 aliphatic heterocycles. The van der Waals surface area contributed by atoms with E-state index in [1.165, 1.54) is 27.9 Å². The summed E-state index contributed by atoms with van der Waals surface area (Å²) in [5, 5.41) is 14.8. The molecule has 1 aromatic carbocycles. The van der Waals surface area contributed by atoms with Gasteiger partial charge in [-0.15, -0.1) is 0 Å². The predicted molar refractivity (Wildman–Crippen MR) is 115 cm³/mol. The van der Waals surface area contributed by atoms with Gasteiger partial charge in [-0.25, -0.2) is 0 Å². The van der Waals surface area contributed by atoms with Gasteiger partial charge < -0.3 is 15.0 Å². The largest absolute Gasteiger partial charge is 0.394 e. The molecule has 0 saturated carbocycles. The van der Waals surface area contributed by atoms with Crippen LogP contribution in [0.15, 0.2) is 36.5 Å².